The predicted octanol–water partition coefficient (Wildman–Crippen LogP) is 4.22. The maximum absolute atomic E-state index is 14.0. The van der Waals surface area contributed by atoms with Crippen LogP contribution in [-0.4, -0.2) is 0 Å². The van der Waals surface area contributed by atoms with Crippen LogP contribution in [0.3, 0.4) is 0 Å². The van der Waals surface area contributed by atoms with E-state index in [0.717, 1.165) is 6.07 Å². The third-order valence-corrected chi connectivity index (χ3v) is 3.78. The Balaban J connectivity index is 2.59. The summed E-state index contributed by atoms with van der Waals surface area (Å²) < 4.78 is 41.3. The lowest BCUT2D eigenvalue weighted by Crippen LogP contribution is -2.17. The van der Waals surface area contributed by atoms with Gasteiger partial charge < -0.3 is 5.73 Å². The summed E-state index contributed by atoms with van der Waals surface area (Å²) in [6.07, 6.45) is 0. The van der Waals surface area contributed by atoms with E-state index in [1.807, 2.05) is 0 Å². The third kappa shape index (κ3) is 2.53. The number of hydrogen-bond acceptors (Lipinski definition) is 1. The molecule has 0 aromatic heterocycles. The van der Waals surface area contributed by atoms with Crippen LogP contribution in [0.4, 0.5) is 13.2 Å². The monoisotopic (exact) mass is 329 g/mol. The molecule has 1 nitrogen and oxygen atoms in total. The molecule has 1 unspecified atom stereocenters. The second kappa shape index (κ2) is 5.35. The molecule has 2 rings (SSSR count). The van der Waals surface area contributed by atoms with Crippen LogP contribution in [0.25, 0.3) is 0 Å². The number of aryl methyl sites for hydroxylation is 1. The Hall–Kier alpha value is -1.33. The van der Waals surface area contributed by atoms with Crippen LogP contribution < -0.4 is 5.73 Å². The van der Waals surface area contributed by atoms with E-state index in [2.05, 4.69) is 15.9 Å². The Labute approximate surface area is 117 Å². The number of benzene rings is 2. The third-order valence-electron chi connectivity index (χ3n) is 2.95. The average molecular weight is 330 g/mol. The zero-order valence-electron chi connectivity index (χ0n) is 10.1. The summed E-state index contributed by atoms with van der Waals surface area (Å²) in [7, 11) is 0. The lowest BCUT2D eigenvalue weighted by atomic mass is 9.97. The first-order chi connectivity index (χ1) is 8.93. The standard InChI is InChI=1S/C14H11BrF3N/c1-7-5-6-9(16)11(13(7)18)14(19)8-3-2-4-10(17)12(8)15/h2-6,14H,19H2,1H3. The van der Waals surface area contributed by atoms with Crippen molar-refractivity contribution in [3.05, 3.63) is 68.9 Å². The van der Waals surface area contributed by atoms with Crippen molar-refractivity contribution in [1.82, 2.24) is 0 Å². The Bertz CT molecular complexity index is 628. The summed E-state index contributed by atoms with van der Waals surface area (Å²) in [5.41, 5.74) is 6.21. The topological polar surface area (TPSA) is 26.0 Å². The fourth-order valence-corrected chi connectivity index (χ4v) is 2.39. The Morgan fingerprint density at radius 3 is 2.42 bits per heavy atom. The summed E-state index contributed by atoms with van der Waals surface area (Å²) in [5, 5.41) is 0. The molecule has 0 spiro atoms. The van der Waals surface area contributed by atoms with E-state index in [0.29, 0.717) is 11.1 Å². The summed E-state index contributed by atoms with van der Waals surface area (Å²) in [6.45, 7) is 1.52. The fourth-order valence-electron chi connectivity index (χ4n) is 1.88. The molecule has 19 heavy (non-hydrogen) atoms. The van der Waals surface area contributed by atoms with Gasteiger partial charge in [-0.3, -0.25) is 0 Å². The average Bonchev–Trinajstić information content (AvgIpc) is 2.37. The van der Waals surface area contributed by atoms with Gasteiger partial charge in [0.15, 0.2) is 0 Å². The van der Waals surface area contributed by atoms with Crippen molar-refractivity contribution in [2.75, 3.05) is 0 Å². The smallest absolute Gasteiger partial charge is 0.137 e. The van der Waals surface area contributed by atoms with Crippen molar-refractivity contribution >= 4 is 15.9 Å². The molecule has 1 atom stereocenters. The Morgan fingerprint density at radius 1 is 1.05 bits per heavy atom. The van der Waals surface area contributed by atoms with Gasteiger partial charge in [0.1, 0.15) is 17.5 Å². The minimum absolute atomic E-state index is 0.114. The molecule has 0 radical (unpaired) electrons. The Kier molecular flexibility index (Phi) is 3.96. The van der Waals surface area contributed by atoms with Gasteiger partial charge >= 0.3 is 0 Å². The van der Waals surface area contributed by atoms with E-state index in [-0.39, 0.29) is 10.0 Å². The van der Waals surface area contributed by atoms with E-state index in [9.17, 15) is 13.2 Å². The van der Waals surface area contributed by atoms with E-state index >= 15 is 0 Å². The molecule has 0 aliphatic rings. The van der Waals surface area contributed by atoms with Crippen LogP contribution in [0.2, 0.25) is 0 Å². The summed E-state index contributed by atoms with van der Waals surface area (Å²) in [4.78, 5) is 0. The second-order valence-electron chi connectivity index (χ2n) is 4.21. The molecule has 5 heteroatoms. The van der Waals surface area contributed by atoms with Gasteiger partial charge in [0.25, 0.3) is 0 Å². The molecular formula is C14H11BrF3N. The highest BCUT2D eigenvalue weighted by Gasteiger charge is 2.22. The Morgan fingerprint density at radius 2 is 1.74 bits per heavy atom. The lowest BCUT2D eigenvalue weighted by molar-refractivity contribution is 0.536. The molecule has 0 saturated carbocycles. The molecule has 0 fully saturated rings. The fraction of sp³-hybridized carbons (Fsp3) is 0.143. The zero-order chi connectivity index (χ0) is 14.2. The number of rotatable bonds is 2. The number of halogens is 4. The van der Waals surface area contributed by atoms with Crippen LogP contribution in [0.15, 0.2) is 34.8 Å². The van der Waals surface area contributed by atoms with Gasteiger partial charge in [0.2, 0.25) is 0 Å². The molecular weight excluding hydrogens is 319 g/mol. The SMILES string of the molecule is Cc1ccc(F)c(C(N)c2cccc(F)c2Br)c1F. The van der Waals surface area contributed by atoms with Crippen molar-refractivity contribution in [3.8, 4) is 0 Å². The van der Waals surface area contributed by atoms with Crippen molar-refractivity contribution in [2.45, 2.75) is 13.0 Å². The maximum Gasteiger partial charge on any atom is 0.137 e. The van der Waals surface area contributed by atoms with Crippen LogP contribution in [-0.2, 0) is 0 Å². The molecule has 0 aliphatic heterocycles. The first-order valence-electron chi connectivity index (χ1n) is 5.57. The number of nitrogens with two attached hydrogens (primary N) is 1. The van der Waals surface area contributed by atoms with Gasteiger partial charge in [0.05, 0.1) is 10.5 Å². The lowest BCUT2D eigenvalue weighted by Gasteiger charge is -2.17. The number of hydrogen-bond donors (Lipinski definition) is 1. The highest BCUT2D eigenvalue weighted by Crippen LogP contribution is 2.32. The largest absolute Gasteiger partial charge is 0.320 e. The maximum atomic E-state index is 14.0. The van der Waals surface area contributed by atoms with Crippen LogP contribution in [0.5, 0.6) is 0 Å². The first kappa shape index (κ1) is 14.1. The van der Waals surface area contributed by atoms with Crippen molar-refractivity contribution in [1.29, 1.82) is 0 Å². The minimum Gasteiger partial charge on any atom is -0.320 e. The first-order valence-corrected chi connectivity index (χ1v) is 6.36. The zero-order valence-corrected chi connectivity index (χ0v) is 11.6. The highest BCUT2D eigenvalue weighted by molar-refractivity contribution is 9.10. The van der Waals surface area contributed by atoms with Gasteiger partial charge in [-0.2, -0.15) is 0 Å². The predicted molar refractivity (Wildman–Crippen MR) is 71.2 cm³/mol. The van der Waals surface area contributed by atoms with Crippen LogP contribution in [0, 0.1) is 24.4 Å². The van der Waals surface area contributed by atoms with Crippen molar-refractivity contribution in [3.63, 3.8) is 0 Å². The quantitative estimate of drug-likeness (QED) is 0.876. The summed E-state index contributed by atoms with van der Waals surface area (Å²) in [5.74, 6) is -1.98. The molecule has 0 aliphatic carbocycles. The second-order valence-corrected chi connectivity index (χ2v) is 5.01. The molecule has 0 saturated heterocycles. The van der Waals surface area contributed by atoms with Gasteiger partial charge in [-0.25, -0.2) is 13.2 Å². The molecule has 2 N–H and O–H groups in total. The molecule has 100 valence electrons. The molecule has 0 amide bonds. The minimum atomic E-state index is -1.08. The molecule has 2 aromatic carbocycles. The van der Waals surface area contributed by atoms with Gasteiger partial charge in [-0.1, -0.05) is 18.2 Å². The normalized spacial score (nSPS) is 12.5. The summed E-state index contributed by atoms with van der Waals surface area (Å²) in [6, 6.07) is 5.62. The van der Waals surface area contributed by atoms with Crippen LogP contribution in [0.1, 0.15) is 22.7 Å². The van der Waals surface area contributed by atoms with E-state index in [4.69, 9.17) is 5.73 Å². The summed E-state index contributed by atoms with van der Waals surface area (Å²) >= 11 is 3.05. The van der Waals surface area contributed by atoms with Crippen molar-refractivity contribution < 1.29 is 13.2 Å². The molecule has 0 heterocycles. The molecule has 0 bridgehead atoms. The van der Waals surface area contributed by atoms with E-state index in [1.54, 1.807) is 0 Å². The van der Waals surface area contributed by atoms with Gasteiger partial charge in [-0.05, 0) is 46.1 Å². The van der Waals surface area contributed by atoms with Crippen molar-refractivity contribution in [2.24, 2.45) is 5.73 Å². The van der Waals surface area contributed by atoms with E-state index in [1.165, 1.54) is 31.2 Å². The van der Waals surface area contributed by atoms with Crippen LogP contribution >= 0.6 is 15.9 Å². The van der Waals surface area contributed by atoms with Gasteiger partial charge in [0, 0.05) is 5.56 Å². The van der Waals surface area contributed by atoms with Gasteiger partial charge in [-0.15, -0.1) is 0 Å². The highest BCUT2D eigenvalue weighted by atomic mass is 79.9. The molecule has 2 aromatic rings. The van der Waals surface area contributed by atoms with E-state index < -0.39 is 23.5 Å².